The second-order valence-corrected chi connectivity index (χ2v) is 8.40. The lowest BCUT2D eigenvalue weighted by atomic mass is 10.2. The standard InChI is InChI=1S/C23H23N5O3S/c1-30-17-8-6-16(7-9-17)27-10-12-28(13-11-27)21(29)15-32-23-26-25-22(31-23)19-14-24-20-5-3-2-4-18(19)20/h2-9,14,24H,10-13,15H2,1H3. The summed E-state index contributed by atoms with van der Waals surface area (Å²) in [6.07, 6.45) is 1.86. The van der Waals surface area contributed by atoms with Gasteiger partial charge in [0.1, 0.15) is 5.75 Å². The topological polar surface area (TPSA) is 87.5 Å². The van der Waals surface area contributed by atoms with Crippen molar-refractivity contribution in [2.45, 2.75) is 5.22 Å². The number of thioether (sulfide) groups is 1. The van der Waals surface area contributed by atoms with Gasteiger partial charge in [0.15, 0.2) is 0 Å². The first-order chi connectivity index (χ1) is 15.7. The third-order valence-electron chi connectivity index (χ3n) is 5.62. The number of methoxy groups -OCH3 is 1. The van der Waals surface area contributed by atoms with Crippen LogP contribution in [-0.2, 0) is 4.79 Å². The van der Waals surface area contributed by atoms with E-state index in [-0.39, 0.29) is 11.7 Å². The van der Waals surface area contributed by atoms with Crippen molar-refractivity contribution in [1.82, 2.24) is 20.1 Å². The molecule has 0 bridgehead atoms. The zero-order valence-corrected chi connectivity index (χ0v) is 18.5. The zero-order chi connectivity index (χ0) is 21.9. The van der Waals surface area contributed by atoms with Crippen molar-refractivity contribution >= 4 is 34.3 Å². The minimum absolute atomic E-state index is 0.0798. The summed E-state index contributed by atoms with van der Waals surface area (Å²) in [5.74, 6) is 1.65. The highest BCUT2D eigenvalue weighted by Crippen LogP contribution is 2.29. The van der Waals surface area contributed by atoms with Crippen LogP contribution in [0.15, 0.2) is 64.4 Å². The molecule has 1 N–H and O–H groups in total. The van der Waals surface area contributed by atoms with Gasteiger partial charge in [0, 0.05) is 49.0 Å². The molecule has 0 aliphatic carbocycles. The Hall–Kier alpha value is -3.46. The third-order valence-corrected chi connectivity index (χ3v) is 6.42. The minimum Gasteiger partial charge on any atom is -0.497 e. The predicted octanol–water partition coefficient (Wildman–Crippen LogP) is 3.67. The number of hydrogen-bond donors (Lipinski definition) is 1. The minimum atomic E-state index is 0.0798. The smallest absolute Gasteiger partial charge is 0.277 e. The van der Waals surface area contributed by atoms with E-state index in [1.807, 2.05) is 59.6 Å². The van der Waals surface area contributed by atoms with Crippen LogP contribution in [0.25, 0.3) is 22.4 Å². The Labute approximate surface area is 189 Å². The molecule has 1 aliphatic heterocycles. The number of aromatic amines is 1. The zero-order valence-electron chi connectivity index (χ0n) is 17.7. The van der Waals surface area contributed by atoms with Crippen LogP contribution < -0.4 is 9.64 Å². The monoisotopic (exact) mass is 449 g/mol. The quantitative estimate of drug-likeness (QED) is 0.450. The number of hydrogen-bond acceptors (Lipinski definition) is 7. The highest BCUT2D eigenvalue weighted by Gasteiger charge is 2.22. The number of nitrogens with zero attached hydrogens (tertiary/aromatic N) is 4. The lowest BCUT2D eigenvalue weighted by Gasteiger charge is -2.36. The number of amides is 1. The highest BCUT2D eigenvalue weighted by molar-refractivity contribution is 7.99. The van der Waals surface area contributed by atoms with E-state index in [1.165, 1.54) is 11.8 Å². The molecule has 1 saturated heterocycles. The number of carbonyl (C=O) groups excluding carboxylic acids is 1. The van der Waals surface area contributed by atoms with Crippen LogP contribution in [-0.4, -0.2) is 65.0 Å². The maximum atomic E-state index is 12.7. The van der Waals surface area contributed by atoms with Crippen molar-refractivity contribution in [3.63, 3.8) is 0 Å². The largest absolute Gasteiger partial charge is 0.497 e. The highest BCUT2D eigenvalue weighted by atomic mass is 32.2. The SMILES string of the molecule is COc1ccc(N2CCN(C(=O)CSc3nnc(-c4c[nH]c5ccccc45)o3)CC2)cc1. The summed E-state index contributed by atoms with van der Waals surface area (Å²) in [5.41, 5.74) is 3.02. The Morgan fingerprint density at radius 3 is 2.66 bits per heavy atom. The van der Waals surface area contributed by atoms with Gasteiger partial charge in [0.25, 0.3) is 11.1 Å². The molecular weight excluding hydrogens is 426 g/mol. The van der Waals surface area contributed by atoms with E-state index in [1.54, 1.807) is 7.11 Å². The van der Waals surface area contributed by atoms with Gasteiger partial charge in [-0.1, -0.05) is 30.0 Å². The first-order valence-corrected chi connectivity index (χ1v) is 11.4. The molecule has 0 spiro atoms. The van der Waals surface area contributed by atoms with E-state index in [2.05, 4.69) is 20.1 Å². The molecule has 1 amide bonds. The normalized spacial score (nSPS) is 14.2. The summed E-state index contributed by atoms with van der Waals surface area (Å²) in [7, 11) is 1.66. The van der Waals surface area contributed by atoms with Gasteiger partial charge in [0.2, 0.25) is 5.91 Å². The maximum Gasteiger partial charge on any atom is 0.277 e. The lowest BCUT2D eigenvalue weighted by Crippen LogP contribution is -2.49. The van der Waals surface area contributed by atoms with E-state index in [9.17, 15) is 4.79 Å². The van der Waals surface area contributed by atoms with Crippen molar-refractivity contribution in [2.24, 2.45) is 0 Å². The van der Waals surface area contributed by atoms with Gasteiger partial charge < -0.3 is 23.9 Å². The van der Waals surface area contributed by atoms with Gasteiger partial charge >= 0.3 is 0 Å². The molecular formula is C23H23N5O3S. The molecule has 0 radical (unpaired) electrons. The van der Waals surface area contributed by atoms with Crippen LogP contribution in [0.2, 0.25) is 0 Å². The number of carbonyl (C=O) groups is 1. The van der Waals surface area contributed by atoms with Crippen LogP contribution >= 0.6 is 11.8 Å². The molecule has 1 aliphatic rings. The second kappa shape index (κ2) is 8.96. The maximum absolute atomic E-state index is 12.7. The third kappa shape index (κ3) is 4.16. The van der Waals surface area contributed by atoms with Crippen LogP contribution in [0, 0.1) is 0 Å². The summed E-state index contributed by atoms with van der Waals surface area (Å²) in [6, 6.07) is 16.0. The molecule has 8 nitrogen and oxygen atoms in total. The van der Waals surface area contributed by atoms with Crippen molar-refractivity contribution in [3.8, 4) is 17.2 Å². The summed E-state index contributed by atoms with van der Waals surface area (Å²) >= 11 is 1.28. The van der Waals surface area contributed by atoms with E-state index < -0.39 is 0 Å². The van der Waals surface area contributed by atoms with Crippen LogP contribution in [0.1, 0.15) is 0 Å². The van der Waals surface area contributed by atoms with E-state index in [0.29, 0.717) is 24.2 Å². The van der Waals surface area contributed by atoms with Crippen molar-refractivity contribution in [1.29, 1.82) is 0 Å². The molecule has 9 heteroatoms. The number of H-pyrrole nitrogens is 1. The van der Waals surface area contributed by atoms with E-state index >= 15 is 0 Å². The molecule has 0 saturated carbocycles. The number of fused-ring (bicyclic) bond motifs is 1. The molecule has 3 heterocycles. The first kappa shape index (κ1) is 20.4. The number of piperazine rings is 1. The van der Waals surface area contributed by atoms with Crippen LogP contribution in [0.3, 0.4) is 0 Å². The summed E-state index contributed by atoms with van der Waals surface area (Å²) in [5, 5.41) is 9.69. The fourth-order valence-corrected chi connectivity index (χ4v) is 4.51. The Balaban J connectivity index is 1.15. The molecule has 0 unspecified atom stereocenters. The number of rotatable bonds is 6. The number of nitrogens with one attached hydrogen (secondary N) is 1. The van der Waals surface area contributed by atoms with Gasteiger partial charge in [-0.05, 0) is 30.3 Å². The van der Waals surface area contributed by atoms with Gasteiger partial charge in [-0.2, -0.15) is 0 Å². The van der Waals surface area contributed by atoms with Crippen molar-refractivity contribution < 1.29 is 13.9 Å². The molecule has 32 heavy (non-hydrogen) atoms. The molecule has 164 valence electrons. The Kier molecular flexibility index (Phi) is 5.72. The fraction of sp³-hybridized carbons (Fsp3) is 0.261. The Bertz CT molecular complexity index is 1210. The summed E-state index contributed by atoms with van der Waals surface area (Å²) < 4.78 is 11.0. The van der Waals surface area contributed by atoms with Crippen LogP contribution in [0.4, 0.5) is 5.69 Å². The summed E-state index contributed by atoms with van der Waals surface area (Å²) in [4.78, 5) is 20.1. The molecule has 4 aromatic rings. The fourth-order valence-electron chi connectivity index (χ4n) is 3.85. The number of ether oxygens (including phenoxy) is 1. The number of aromatic nitrogens is 3. The number of para-hydroxylation sites is 1. The Morgan fingerprint density at radius 1 is 1.09 bits per heavy atom. The first-order valence-electron chi connectivity index (χ1n) is 10.4. The summed E-state index contributed by atoms with van der Waals surface area (Å²) in [6.45, 7) is 2.98. The lowest BCUT2D eigenvalue weighted by molar-refractivity contribution is -0.128. The average molecular weight is 450 g/mol. The average Bonchev–Trinajstić information content (AvgIpc) is 3.49. The van der Waals surface area contributed by atoms with Crippen molar-refractivity contribution in [2.75, 3.05) is 43.9 Å². The molecule has 1 fully saturated rings. The van der Waals surface area contributed by atoms with Gasteiger partial charge in [0.05, 0.1) is 18.4 Å². The molecule has 2 aromatic heterocycles. The van der Waals surface area contributed by atoms with E-state index in [0.717, 1.165) is 41.0 Å². The molecule has 0 atom stereocenters. The number of anilines is 1. The number of benzene rings is 2. The van der Waals surface area contributed by atoms with Crippen molar-refractivity contribution in [3.05, 3.63) is 54.7 Å². The predicted molar refractivity (Wildman–Crippen MR) is 124 cm³/mol. The van der Waals surface area contributed by atoms with Gasteiger partial charge in [-0.3, -0.25) is 4.79 Å². The van der Waals surface area contributed by atoms with E-state index in [4.69, 9.17) is 9.15 Å². The van der Waals surface area contributed by atoms with Gasteiger partial charge in [-0.15, -0.1) is 10.2 Å². The Morgan fingerprint density at radius 2 is 1.88 bits per heavy atom. The second-order valence-electron chi connectivity index (χ2n) is 7.48. The van der Waals surface area contributed by atoms with Crippen LogP contribution in [0.5, 0.6) is 5.75 Å². The molecule has 2 aromatic carbocycles. The molecule has 5 rings (SSSR count). The van der Waals surface area contributed by atoms with Gasteiger partial charge in [-0.25, -0.2) is 0 Å².